The lowest BCUT2D eigenvalue weighted by Gasteiger charge is -2.35. The predicted octanol–water partition coefficient (Wildman–Crippen LogP) is 2.01. The average Bonchev–Trinajstić information content (AvgIpc) is 2.56. The highest BCUT2D eigenvalue weighted by molar-refractivity contribution is 5.79. The van der Waals surface area contributed by atoms with E-state index in [4.69, 9.17) is 0 Å². The molecule has 2 fully saturated rings. The third-order valence-corrected chi connectivity index (χ3v) is 4.62. The lowest BCUT2D eigenvalue weighted by Crippen LogP contribution is -2.44. The van der Waals surface area contributed by atoms with Crippen LogP contribution < -0.4 is 4.90 Å². The van der Waals surface area contributed by atoms with E-state index < -0.39 is 0 Å². The van der Waals surface area contributed by atoms with E-state index in [1.165, 1.54) is 19.3 Å². The molecular weight excluding hydrogens is 264 g/mol. The van der Waals surface area contributed by atoms with Crippen molar-refractivity contribution < 1.29 is 4.79 Å². The van der Waals surface area contributed by atoms with Crippen molar-refractivity contribution in [3.63, 3.8) is 0 Å². The van der Waals surface area contributed by atoms with Gasteiger partial charge in [0.2, 0.25) is 5.91 Å². The molecule has 0 bridgehead atoms. The molecule has 0 aliphatic carbocycles. The summed E-state index contributed by atoms with van der Waals surface area (Å²) in [5.74, 6) is 1.52. The number of piperidine rings is 2. The molecular formula is C16H24N4O. The number of aromatic nitrogens is 2. The smallest absolute Gasteiger partial charge is 0.225 e. The van der Waals surface area contributed by atoms with Crippen LogP contribution in [0.15, 0.2) is 12.1 Å². The molecule has 5 heteroatoms. The molecule has 3 heterocycles. The number of carbonyl (C=O) groups is 1. The number of rotatable bonds is 2. The van der Waals surface area contributed by atoms with Crippen molar-refractivity contribution in [1.29, 1.82) is 0 Å². The molecule has 0 radical (unpaired) electrons. The van der Waals surface area contributed by atoms with E-state index in [-0.39, 0.29) is 5.92 Å². The summed E-state index contributed by atoms with van der Waals surface area (Å²) >= 11 is 0. The molecule has 1 amide bonds. The maximum atomic E-state index is 12.5. The van der Waals surface area contributed by atoms with Gasteiger partial charge >= 0.3 is 0 Å². The molecule has 0 unspecified atom stereocenters. The van der Waals surface area contributed by atoms with Gasteiger partial charge in [0, 0.05) is 32.1 Å². The number of likely N-dealkylation sites (tertiary alicyclic amines) is 1. The SMILES string of the molecule is Cc1ccc(N2CCC(C(=O)N3CCCCC3)CC2)nn1. The van der Waals surface area contributed by atoms with Gasteiger partial charge in [0.05, 0.1) is 5.69 Å². The number of hydrogen-bond donors (Lipinski definition) is 0. The summed E-state index contributed by atoms with van der Waals surface area (Å²) in [6, 6.07) is 4.02. The number of amides is 1. The molecule has 1 aromatic heterocycles. The van der Waals surface area contributed by atoms with E-state index in [9.17, 15) is 4.79 Å². The van der Waals surface area contributed by atoms with Gasteiger partial charge in [-0.15, -0.1) is 5.10 Å². The van der Waals surface area contributed by atoms with Gasteiger partial charge < -0.3 is 9.80 Å². The Labute approximate surface area is 126 Å². The fraction of sp³-hybridized carbons (Fsp3) is 0.688. The summed E-state index contributed by atoms with van der Waals surface area (Å²) in [5.41, 5.74) is 0.939. The third-order valence-electron chi connectivity index (χ3n) is 4.62. The summed E-state index contributed by atoms with van der Waals surface area (Å²) in [6.45, 7) is 5.68. The van der Waals surface area contributed by atoms with Crippen LogP contribution >= 0.6 is 0 Å². The lowest BCUT2D eigenvalue weighted by molar-refractivity contribution is -0.137. The second-order valence-electron chi connectivity index (χ2n) is 6.18. The normalized spacial score (nSPS) is 20.6. The molecule has 0 atom stereocenters. The van der Waals surface area contributed by atoms with Crippen molar-refractivity contribution in [2.75, 3.05) is 31.1 Å². The van der Waals surface area contributed by atoms with E-state index in [0.717, 1.165) is 50.5 Å². The van der Waals surface area contributed by atoms with Gasteiger partial charge in [0.15, 0.2) is 5.82 Å². The average molecular weight is 288 g/mol. The zero-order chi connectivity index (χ0) is 14.7. The second kappa shape index (κ2) is 6.41. The van der Waals surface area contributed by atoms with E-state index in [1.807, 2.05) is 19.1 Å². The van der Waals surface area contributed by atoms with Crippen LogP contribution in [-0.4, -0.2) is 47.2 Å². The zero-order valence-corrected chi connectivity index (χ0v) is 12.8. The molecule has 2 aliphatic heterocycles. The van der Waals surface area contributed by atoms with Crippen LogP contribution in [0.4, 0.5) is 5.82 Å². The standard InChI is InChI=1S/C16H24N4O/c1-13-5-6-15(18-17-13)19-11-7-14(8-12-19)16(21)20-9-3-2-4-10-20/h5-6,14H,2-4,7-12H2,1H3. The number of nitrogens with zero attached hydrogens (tertiary/aromatic N) is 4. The van der Waals surface area contributed by atoms with Crippen LogP contribution in [-0.2, 0) is 4.79 Å². The van der Waals surface area contributed by atoms with Gasteiger partial charge in [-0.05, 0) is 51.2 Å². The Balaban J connectivity index is 1.54. The van der Waals surface area contributed by atoms with E-state index >= 15 is 0 Å². The summed E-state index contributed by atoms with van der Waals surface area (Å²) in [6.07, 6.45) is 5.48. The molecule has 21 heavy (non-hydrogen) atoms. The van der Waals surface area contributed by atoms with Gasteiger partial charge in [-0.3, -0.25) is 4.79 Å². The first-order valence-electron chi connectivity index (χ1n) is 8.08. The van der Waals surface area contributed by atoms with Crippen LogP contribution in [0, 0.1) is 12.8 Å². The zero-order valence-electron chi connectivity index (χ0n) is 12.8. The Bertz CT molecular complexity index is 474. The fourth-order valence-corrected chi connectivity index (χ4v) is 3.29. The predicted molar refractivity (Wildman–Crippen MR) is 82.1 cm³/mol. The van der Waals surface area contributed by atoms with E-state index in [0.29, 0.717) is 5.91 Å². The lowest BCUT2D eigenvalue weighted by atomic mass is 9.94. The van der Waals surface area contributed by atoms with Gasteiger partial charge in [0.25, 0.3) is 0 Å². The molecule has 0 spiro atoms. The highest BCUT2D eigenvalue weighted by atomic mass is 16.2. The Kier molecular flexibility index (Phi) is 4.36. The highest BCUT2D eigenvalue weighted by Gasteiger charge is 2.29. The van der Waals surface area contributed by atoms with Crippen LogP contribution in [0.25, 0.3) is 0 Å². The molecule has 0 aromatic carbocycles. The highest BCUT2D eigenvalue weighted by Crippen LogP contribution is 2.24. The molecule has 2 aliphatic rings. The summed E-state index contributed by atoms with van der Waals surface area (Å²) in [5, 5.41) is 8.36. The molecule has 0 saturated carbocycles. The minimum Gasteiger partial charge on any atom is -0.355 e. The largest absolute Gasteiger partial charge is 0.355 e. The minimum atomic E-state index is 0.206. The Hall–Kier alpha value is -1.65. The maximum Gasteiger partial charge on any atom is 0.225 e. The van der Waals surface area contributed by atoms with Crippen LogP contribution in [0.2, 0.25) is 0 Å². The molecule has 2 saturated heterocycles. The van der Waals surface area contributed by atoms with Crippen molar-refractivity contribution in [2.45, 2.75) is 39.0 Å². The number of hydrogen-bond acceptors (Lipinski definition) is 4. The van der Waals surface area contributed by atoms with Crippen LogP contribution in [0.3, 0.4) is 0 Å². The summed E-state index contributed by atoms with van der Waals surface area (Å²) in [4.78, 5) is 16.8. The van der Waals surface area contributed by atoms with Gasteiger partial charge in [-0.2, -0.15) is 5.10 Å². The molecule has 5 nitrogen and oxygen atoms in total. The second-order valence-corrected chi connectivity index (χ2v) is 6.18. The Morgan fingerprint density at radius 3 is 2.38 bits per heavy atom. The Morgan fingerprint density at radius 2 is 1.76 bits per heavy atom. The first-order chi connectivity index (χ1) is 10.2. The van der Waals surface area contributed by atoms with Gasteiger partial charge in [-0.25, -0.2) is 0 Å². The van der Waals surface area contributed by atoms with E-state index in [1.54, 1.807) is 0 Å². The summed E-state index contributed by atoms with van der Waals surface area (Å²) < 4.78 is 0. The first-order valence-corrected chi connectivity index (χ1v) is 8.08. The van der Waals surface area contributed by atoms with Crippen LogP contribution in [0.1, 0.15) is 37.8 Å². The quantitative estimate of drug-likeness (QED) is 0.835. The number of aryl methyl sites for hydroxylation is 1. The molecule has 1 aromatic rings. The maximum absolute atomic E-state index is 12.5. The molecule has 3 rings (SSSR count). The van der Waals surface area contributed by atoms with Crippen molar-refractivity contribution in [3.05, 3.63) is 17.8 Å². The van der Waals surface area contributed by atoms with Crippen molar-refractivity contribution in [3.8, 4) is 0 Å². The molecule has 114 valence electrons. The first kappa shape index (κ1) is 14.3. The van der Waals surface area contributed by atoms with Crippen LogP contribution in [0.5, 0.6) is 0 Å². The van der Waals surface area contributed by atoms with Crippen molar-refractivity contribution in [2.24, 2.45) is 5.92 Å². The van der Waals surface area contributed by atoms with Crippen molar-refractivity contribution in [1.82, 2.24) is 15.1 Å². The van der Waals surface area contributed by atoms with E-state index in [2.05, 4.69) is 20.0 Å². The number of carbonyl (C=O) groups excluding carboxylic acids is 1. The third kappa shape index (κ3) is 3.34. The monoisotopic (exact) mass is 288 g/mol. The topological polar surface area (TPSA) is 49.3 Å². The summed E-state index contributed by atoms with van der Waals surface area (Å²) in [7, 11) is 0. The van der Waals surface area contributed by atoms with Gasteiger partial charge in [-0.1, -0.05) is 0 Å². The molecule has 0 N–H and O–H groups in total. The van der Waals surface area contributed by atoms with Gasteiger partial charge in [0.1, 0.15) is 0 Å². The Morgan fingerprint density at radius 1 is 1.05 bits per heavy atom. The minimum absolute atomic E-state index is 0.206. The number of anilines is 1. The van der Waals surface area contributed by atoms with Crippen molar-refractivity contribution >= 4 is 11.7 Å². The fourth-order valence-electron chi connectivity index (χ4n) is 3.29.